The second-order valence-corrected chi connectivity index (χ2v) is 4.88. The maximum Gasteiger partial charge on any atom is 0.122 e. The number of benzene rings is 1. The van der Waals surface area contributed by atoms with Gasteiger partial charge in [0.15, 0.2) is 0 Å². The summed E-state index contributed by atoms with van der Waals surface area (Å²) in [7, 11) is 0. The van der Waals surface area contributed by atoms with Crippen LogP contribution >= 0.6 is 0 Å². The van der Waals surface area contributed by atoms with Crippen molar-refractivity contribution in [3.8, 4) is 11.8 Å². The van der Waals surface area contributed by atoms with Gasteiger partial charge in [0.1, 0.15) is 5.75 Å². The highest BCUT2D eigenvalue weighted by Crippen LogP contribution is 2.65. The van der Waals surface area contributed by atoms with Crippen LogP contribution in [0.3, 0.4) is 0 Å². The molecule has 2 rings (SSSR count). The molecule has 0 heterocycles. The van der Waals surface area contributed by atoms with Crippen LogP contribution in [0.4, 0.5) is 0 Å². The van der Waals surface area contributed by atoms with Crippen molar-refractivity contribution in [2.45, 2.75) is 26.7 Å². The highest BCUT2D eigenvalue weighted by molar-refractivity contribution is 5.44. The Morgan fingerprint density at radius 1 is 1.38 bits per heavy atom. The summed E-state index contributed by atoms with van der Waals surface area (Å²) in [5.41, 5.74) is 1.27. The smallest absolute Gasteiger partial charge is 0.122 e. The molecule has 1 saturated carbocycles. The number of ether oxygens (including phenoxy) is 1. The van der Waals surface area contributed by atoms with Crippen molar-refractivity contribution in [1.82, 2.24) is 0 Å². The molecule has 0 bridgehead atoms. The fourth-order valence-corrected chi connectivity index (χ4v) is 2.48. The Balaban J connectivity index is 2.33. The maximum atomic E-state index is 9.10. The zero-order valence-corrected chi connectivity index (χ0v) is 10.0. The molecule has 1 aliphatic carbocycles. The molecule has 16 heavy (non-hydrogen) atoms. The van der Waals surface area contributed by atoms with Crippen molar-refractivity contribution in [1.29, 1.82) is 5.26 Å². The highest BCUT2D eigenvalue weighted by atomic mass is 16.5. The predicted molar refractivity (Wildman–Crippen MR) is 63.2 cm³/mol. The molecule has 2 atom stereocenters. The molecule has 0 aliphatic heterocycles. The SMILES string of the molecule is CCOc1ccccc1C1C(C#N)C1(C)C. The van der Waals surface area contributed by atoms with E-state index in [-0.39, 0.29) is 11.3 Å². The number of hydrogen-bond donors (Lipinski definition) is 0. The summed E-state index contributed by atoms with van der Waals surface area (Å²) in [6.07, 6.45) is 0. The molecule has 0 spiro atoms. The minimum atomic E-state index is 0.0853. The van der Waals surface area contributed by atoms with Crippen LogP contribution < -0.4 is 4.74 Å². The van der Waals surface area contributed by atoms with E-state index in [1.807, 2.05) is 25.1 Å². The van der Waals surface area contributed by atoms with Crippen LogP contribution in [0.5, 0.6) is 5.75 Å². The van der Waals surface area contributed by atoms with Crippen LogP contribution in [0.2, 0.25) is 0 Å². The molecule has 1 fully saturated rings. The summed E-state index contributed by atoms with van der Waals surface area (Å²) in [6, 6.07) is 10.4. The second-order valence-electron chi connectivity index (χ2n) is 4.88. The summed E-state index contributed by atoms with van der Waals surface area (Å²) in [6.45, 7) is 6.94. The fraction of sp³-hybridized carbons (Fsp3) is 0.500. The first-order chi connectivity index (χ1) is 7.62. The summed E-state index contributed by atoms with van der Waals surface area (Å²) >= 11 is 0. The molecule has 84 valence electrons. The fourth-order valence-electron chi connectivity index (χ4n) is 2.48. The second kappa shape index (κ2) is 3.83. The average molecular weight is 215 g/mol. The summed E-state index contributed by atoms with van der Waals surface area (Å²) in [4.78, 5) is 0. The Labute approximate surface area is 96.9 Å². The van der Waals surface area contributed by atoms with E-state index in [2.05, 4.69) is 26.0 Å². The molecule has 2 nitrogen and oxygen atoms in total. The third-order valence-electron chi connectivity index (χ3n) is 3.52. The van der Waals surface area contributed by atoms with Gasteiger partial charge in [-0.05, 0) is 24.0 Å². The maximum absolute atomic E-state index is 9.10. The van der Waals surface area contributed by atoms with Gasteiger partial charge in [-0.2, -0.15) is 5.26 Å². The molecular formula is C14H17NO. The molecule has 2 unspecified atom stereocenters. The van der Waals surface area contributed by atoms with Gasteiger partial charge in [0, 0.05) is 5.92 Å². The lowest BCUT2D eigenvalue weighted by Crippen LogP contribution is -1.97. The van der Waals surface area contributed by atoms with Crippen LogP contribution in [-0.4, -0.2) is 6.61 Å². The van der Waals surface area contributed by atoms with Crippen molar-refractivity contribution in [3.63, 3.8) is 0 Å². The van der Waals surface area contributed by atoms with E-state index in [0.717, 1.165) is 5.75 Å². The van der Waals surface area contributed by atoms with Gasteiger partial charge >= 0.3 is 0 Å². The normalized spacial score (nSPS) is 25.9. The minimum absolute atomic E-state index is 0.0853. The number of nitrogens with zero attached hydrogens (tertiary/aromatic N) is 1. The Hall–Kier alpha value is -1.49. The van der Waals surface area contributed by atoms with Crippen molar-refractivity contribution < 1.29 is 4.74 Å². The Kier molecular flexibility index (Phi) is 2.63. The predicted octanol–water partition coefficient (Wildman–Crippen LogP) is 3.35. The first kappa shape index (κ1) is 11.0. The van der Waals surface area contributed by atoms with Crippen LogP contribution in [0.25, 0.3) is 0 Å². The van der Waals surface area contributed by atoms with Gasteiger partial charge in [-0.1, -0.05) is 32.0 Å². The van der Waals surface area contributed by atoms with E-state index < -0.39 is 0 Å². The van der Waals surface area contributed by atoms with Gasteiger partial charge in [0.2, 0.25) is 0 Å². The lowest BCUT2D eigenvalue weighted by Gasteiger charge is -2.10. The van der Waals surface area contributed by atoms with E-state index in [4.69, 9.17) is 10.00 Å². The largest absolute Gasteiger partial charge is 0.494 e. The lowest BCUT2D eigenvalue weighted by atomic mass is 10.0. The van der Waals surface area contributed by atoms with Gasteiger partial charge in [-0.15, -0.1) is 0 Å². The molecule has 0 saturated heterocycles. The van der Waals surface area contributed by atoms with Crippen LogP contribution in [0, 0.1) is 22.7 Å². The topological polar surface area (TPSA) is 33.0 Å². The van der Waals surface area contributed by atoms with Gasteiger partial charge < -0.3 is 4.74 Å². The van der Waals surface area contributed by atoms with E-state index in [0.29, 0.717) is 12.5 Å². The number of para-hydroxylation sites is 1. The number of nitriles is 1. The van der Waals surface area contributed by atoms with Crippen molar-refractivity contribution in [2.75, 3.05) is 6.61 Å². The average Bonchev–Trinajstić information content (AvgIpc) is 2.81. The summed E-state index contributed by atoms with van der Waals surface area (Å²) in [5, 5.41) is 9.10. The quantitative estimate of drug-likeness (QED) is 0.774. The summed E-state index contributed by atoms with van der Waals surface area (Å²) in [5.74, 6) is 1.37. The van der Waals surface area contributed by atoms with Gasteiger partial charge in [0.05, 0.1) is 18.6 Å². The highest BCUT2D eigenvalue weighted by Gasteiger charge is 2.59. The number of rotatable bonds is 3. The third kappa shape index (κ3) is 1.57. The van der Waals surface area contributed by atoms with Gasteiger partial charge in [-0.25, -0.2) is 0 Å². The van der Waals surface area contributed by atoms with E-state index in [1.54, 1.807) is 0 Å². The van der Waals surface area contributed by atoms with Gasteiger partial charge in [0.25, 0.3) is 0 Å². The first-order valence-corrected chi connectivity index (χ1v) is 5.74. The molecular weight excluding hydrogens is 198 g/mol. The van der Waals surface area contributed by atoms with Crippen LogP contribution in [-0.2, 0) is 0 Å². The molecule has 0 aromatic heterocycles. The van der Waals surface area contributed by atoms with Crippen molar-refractivity contribution in [3.05, 3.63) is 29.8 Å². The number of hydrogen-bond acceptors (Lipinski definition) is 2. The molecule has 0 amide bonds. The van der Waals surface area contributed by atoms with Crippen molar-refractivity contribution >= 4 is 0 Å². The monoisotopic (exact) mass is 215 g/mol. The lowest BCUT2D eigenvalue weighted by molar-refractivity contribution is 0.335. The van der Waals surface area contributed by atoms with Gasteiger partial charge in [-0.3, -0.25) is 0 Å². The molecule has 0 radical (unpaired) electrons. The zero-order chi connectivity index (χ0) is 11.8. The van der Waals surface area contributed by atoms with E-state index in [1.165, 1.54) is 5.56 Å². The molecule has 1 aromatic carbocycles. The zero-order valence-electron chi connectivity index (χ0n) is 10.0. The molecule has 0 N–H and O–H groups in total. The summed E-state index contributed by atoms with van der Waals surface area (Å²) < 4.78 is 5.62. The Bertz CT molecular complexity index is 431. The third-order valence-corrected chi connectivity index (χ3v) is 3.52. The Morgan fingerprint density at radius 3 is 2.62 bits per heavy atom. The van der Waals surface area contributed by atoms with Crippen molar-refractivity contribution in [2.24, 2.45) is 11.3 Å². The Morgan fingerprint density at radius 2 is 2.06 bits per heavy atom. The molecule has 2 heteroatoms. The van der Waals surface area contributed by atoms with E-state index in [9.17, 15) is 0 Å². The minimum Gasteiger partial charge on any atom is -0.494 e. The molecule has 1 aromatic rings. The molecule has 1 aliphatic rings. The first-order valence-electron chi connectivity index (χ1n) is 5.74. The standard InChI is InChI=1S/C14H17NO/c1-4-16-12-8-6-5-7-10(12)13-11(9-15)14(13,2)3/h5-8,11,13H,4H2,1-3H3. The van der Waals surface area contributed by atoms with Crippen LogP contribution in [0.1, 0.15) is 32.3 Å². The van der Waals surface area contributed by atoms with Crippen LogP contribution in [0.15, 0.2) is 24.3 Å². The van der Waals surface area contributed by atoms with E-state index >= 15 is 0 Å².